The Balaban J connectivity index is 2.72. The van der Waals surface area contributed by atoms with Crippen molar-refractivity contribution in [2.75, 3.05) is 6.26 Å². The van der Waals surface area contributed by atoms with Crippen molar-refractivity contribution in [3.63, 3.8) is 0 Å². The Kier molecular flexibility index (Phi) is 3.20. The van der Waals surface area contributed by atoms with Gasteiger partial charge in [0, 0.05) is 0 Å². The molecule has 0 N–H and O–H groups in total. The molecule has 1 heterocycles. The fourth-order valence-corrected chi connectivity index (χ4v) is 2.34. The molecule has 0 aliphatic heterocycles. The summed E-state index contributed by atoms with van der Waals surface area (Å²) < 4.78 is 30.8. The van der Waals surface area contributed by atoms with Crippen LogP contribution < -0.4 is 4.57 Å². The quantitative estimate of drug-likeness (QED) is 0.546. The third-order valence-corrected chi connectivity index (χ3v) is 2.52. The highest BCUT2D eigenvalue weighted by atomic mass is 32.2. The summed E-state index contributed by atoms with van der Waals surface area (Å²) in [6.45, 7) is 3.98. The number of hydrogen-bond donors (Lipinski definition) is 0. The molecule has 1 aromatic rings. The van der Waals surface area contributed by atoms with Crippen LogP contribution in [-0.4, -0.2) is 24.8 Å². The Labute approximate surface area is 90.4 Å². The van der Waals surface area contributed by atoms with Gasteiger partial charge in [0.2, 0.25) is 6.33 Å². The van der Waals surface area contributed by atoms with Gasteiger partial charge in [-0.25, -0.2) is 9.13 Å². The van der Waals surface area contributed by atoms with Gasteiger partial charge in [-0.3, -0.25) is 4.18 Å². The van der Waals surface area contributed by atoms with Crippen molar-refractivity contribution >= 4 is 10.1 Å². The zero-order chi connectivity index (χ0) is 11.7. The maximum absolute atomic E-state index is 11.0. The molecule has 0 saturated carbocycles. The van der Waals surface area contributed by atoms with E-state index in [0.29, 0.717) is 6.54 Å². The molecule has 6 heteroatoms. The molecule has 15 heavy (non-hydrogen) atoms. The Bertz CT molecular complexity index is 434. The molecule has 0 aromatic carbocycles. The van der Waals surface area contributed by atoms with Gasteiger partial charge in [0.25, 0.3) is 10.1 Å². The first-order chi connectivity index (χ1) is 6.68. The summed E-state index contributed by atoms with van der Waals surface area (Å²) in [5.74, 6) is 0. The summed E-state index contributed by atoms with van der Waals surface area (Å²) in [6.07, 6.45) is 6.68. The number of nitrogens with zero attached hydrogens (tertiary/aromatic N) is 2. The van der Waals surface area contributed by atoms with Crippen LogP contribution in [0, 0.1) is 0 Å². The molecule has 0 fully saturated rings. The van der Waals surface area contributed by atoms with E-state index in [9.17, 15) is 8.42 Å². The smallest absolute Gasteiger partial charge is 0.260 e. The lowest BCUT2D eigenvalue weighted by atomic mass is 10.1. The molecule has 0 aliphatic carbocycles. The second-order valence-electron chi connectivity index (χ2n) is 4.30. The number of rotatable bonds is 4. The van der Waals surface area contributed by atoms with Crippen molar-refractivity contribution in [1.29, 1.82) is 0 Å². The van der Waals surface area contributed by atoms with Gasteiger partial charge in [0.15, 0.2) is 0 Å². The predicted octanol–water partition coefficient (Wildman–Crippen LogP) is 0.0674. The minimum Gasteiger partial charge on any atom is -0.260 e. The molecular formula is C9H17N2O3S+. The van der Waals surface area contributed by atoms with Gasteiger partial charge < -0.3 is 0 Å². The van der Waals surface area contributed by atoms with Gasteiger partial charge in [-0.15, -0.1) is 0 Å². The summed E-state index contributed by atoms with van der Waals surface area (Å²) in [5.41, 5.74) is -0.737. The monoisotopic (exact) mass is 233 g/mol. The van der Waals surface area contributed by atoms with Gasteiger partial charge in [-0.05, 0) is 13.8 Å². The normalized spacial score (nSPS) is 13.1. The molecule has 0 bridgehead atoms. The number of hydrogen-bond acceptors (Lipinski definition) is 3. The summed E-state index contributed by atoms with van der Waals surface area (Å²) in [7, 11) is -1.51. The Hall–Kier alpha value is -0.880. The highest BCUT2D eigenvalue weighted by molar-refractivity contribution is 7.86. The van der Waals surface area contributed by atoms with Crippen LogP contribution in [0.25, 0.3) is 0 Å². The van der Waals surface area contributed by atoms with Crippen molar-refractivity contribution in [3.8, 4) is 0 Å². The molecule has 0 unspecified atom stereocenters. The van der Waals surface area contributed by atoms with Crippen LogP contribution in [0.2, 0.25) is 0 Å². The van der Waals surface area contributed by atoms with E-state index in [4.69, 9.17) is 4.18 Å². The second-order valence-corrected chi connectivity index (χ2v) is 5.87. The van der Waals surface area contributed by atoms with E-state index in [2.05, 4.69) is 0 Å². The fourth-order valence-electron chi connectivity index (χ4n) is 1.47. The summed E-state index contributed by atoms with van der Waals surface area (Å²) >= 11 is 0. The standard InChI is InChI=1S/C9H17N2O3S/c1-9(2,14-15(4,12)13)7-11-6-5-10(3)8-11/h5-6,8H,7H2,1-4H3/q+1. The molecule has 0 saturated heterocycles. The molecule has 5 nitrogen and oxygen atoms in total. The van der Waals surface area contributed by atoms with Gasteiger partial charge >= 0.3 is 0 Å². The average Bonchev–Trinajstić information content (AvgIpc) is 2.27. The van der Waals surface area contributed by atoms with Crippen LogP contribution >= 0.6 is 0 Å². The lowest BCUT2D eigenvalue weighted by Gasteiger charge is -2.20. The van der Waals surface area contributed by atoms with E-state index in [-0.39, 0.29) is 0 Å². The molecule has 1 aromatic heterocycles. The first-order valence-corrected chi connectivity index (χ1v) is 6.41. The molecule has 0 atom stereocenters. The number of imidazole rings is 1. The van der Waals surface area contributed by atoms with Crippen molar-refractivity contribution in [3.05, 3.63) is 18.7 Å². The second kappa shape index (κ2) is 3.94. The van der Waals surface area contributed by atoms with E-state index in [1.54, 1.807) is 13.8 Å². The maximum atomic E-state index is 11.0. The Morgan fingerprint density at radius 3 is 2.47 bits per heavy atom. The number of aryl methyl sites for hydroxylation is 1. The van der Waals surface area contributed by atoms with Crippen molar-refractivity contribution in [1.82, 2.24) is 4.57 Å². The third kappa shape index (κ3) is 4.44. The van der Waals surface area contributed by atoms with Crippen molar-refractivity contribution in [2.24, 2.45) is 7.05 Å². The highest BCUT2D eigenvalue weighted by Gasteiger charge is 2.27. The van der Waals surface area contributed by atoms with Crippen LogP contribution in [0.3, 0.4) is 0 Å². The van der Waals surface area contributed by atoms with Crippen molar-refractivity contribution < 1.29 is 17.2 Å². The Morgan fingerprint density at radius 1 is 1.47 bits per heavy atom. The third-order valence-electron chi connectivity index (χ3n) is 1.76. The molecule has 0 spiro atoms. The first-order valence-electron chi connectivity index (χ1n) is 4.60. The van der Waals surface area contributed by atoms with Crippen LogP contribution in [0.15, 0.2) is 18.7 Å². The summed E-state index contributed by atoms with van der Waals surface area (Å²) in [6, 6.07) is 0. The van der Waals surface area contributed by atoms with Crippen LogP contribution in [-0.2, 0) is 27.9 Å². The fraction of sp³-hybridized carbons (Fsp3) is 0.667. The minimum absolute atomic E-state index is 0.487. The van der Waals surface area contributed by atoms with Crippen LogP contribution in [0.5, 0.6) is 0 Å². The minimum atomic E-state index is -3.42. The van der Waals surface area contributed by atoms with Gasteiger partial charge in [0.05, 0.1) is 13.3 Å². The highest BCUT2D eigenvalue weighted by Crippen LogP contribution is 2.12. The van der Waals surface area contributed by atoms with E-state index in [1.165, 1.54) is 0 Å². The summed E-state index contributed by atoms with van der Waals surface area (Å²) in [5, 5.41) is 0. The largest absolute Gasteiger partial charge is 0.265 e. The molecular weight excluding hydrogens is 216 g/mol. The van der Waals surface area contributed by atoms with Crippen molar-refractivity contribution in [2.45, 2.75) is 26.0 Å². The zero-order valence-electron chi connectivity index (χ0n) is 9.47. The average molecular weight is 233 g/mol. The van der Waals surface area contributed by atoms with Gasteiger partial charge in [-0.2, -0.15) is 8.42 Å². The number of aromatic nitrogens is 2. The van der Waals surface area contributed by atoms with E-state index >= 15 is 0 Å². The zero-order valence-corrected chi connectivity index (χ0v) is 10.3. The lowest BCUT2D eigenvalue weighted by Crippen LogP contribution is -2.45. The van der Waals surface area contributed by atoms with E-state index < -0.39 is 15.7 Å². The van der Waals surface area contributed by atoms with E-state index in [1.807, 2.05) is 34.9 Å². The van der Waals surface area contributed by atoms with Gasteiger partial charge in [0.1, 0.15) is 24.5 Å². The molecule has 0 aliphatic rings. The lowest BCUT2D eigenvalue weighted by molar-refractivity contribution is -0.707. The topological polar surface area (TPSA) is 52.2 Å². The SMILES string of the molecule is Cn1cc[n+](CC(C)(C)OS(C)(=O)=O)c1. The van der Waals surface area contributed by atoms with Gasteiger partial charge in [-0.1, -0.05) is 0 Å². The Morgan fingerprint density at radius 2 is 2.07 bits per heavy atom. The van der Waals surface area contributed by atoms with Crippen LogP contribution in [0.1, 0.15) is 13.8 Å². The maximum Gasteiger partial charge on any atom is 0.265 e. The van der Waals surface area contributed by atoms with E-state index in [0.717, 1.165) is 6.26 Å². The molecule has 86 valence electrons. The summed E-state index contributed by atoms with van der Waals surface area (Å²) in [4.78, 5) is 0. The predicted molar refractivity (Wildman–Crippen MR) is 55.6 cm³/mol. The molecule has 0 amide bonds. The molecule has 0 radical (unpaired) electrons. The molecule has 1 rings (SSSR count). The first kappa shape index (κ1) is 12.2. The van der Waals surface area contributed by atoms with Crippen LogP contribution in [0.4, 0.5) is 0 Å².